The van der Waals surface area contributed by atoms with Crippen molar-refractivity contribution in [2.75, 3.05) is 0 Å². The molecule has 1 heterocycles. The zero-order chi connectivity index (χ0) is 13.0. The molecule has 1 aromatic carbocycles. The first kappa shape index (κ1) is 12.3. The molecule has 2 rings (SSSR count). The highest BCUT2D eigenvalue weighted by Crippen LogP contribution is 2.16. The van der Waals surface area contributed by atoms with E-state index in [1.54, 1.807) is 18.2 Å². The van der Waals surface area contributed by atoms with Crippen LogP contribution in [0, 0.1) is 11.3 Å². The predicted octanol–water partition coefficient (Wildman–Crippen LogP) is 2.13. The summed E-state index contributed by atoms with van der Waals surface area (Å²) >= 11 is 1.29. The minimum atomic E-state index is -0.411. The van der Waals surface area contributed by atoms with E-state index in [2.05, 4.69) is 15.5 Å². The molecular formula is C12H9N4OS. The molecule has 1 radical (unpaired) electrons. The first-order chi connectivity index (χ1) is 8.72. The van der Waals surface area contributed by atoms with Gasteiger partial charge in [0.15, 0.2) is 0 Å². The topological polar surface area (TPSA) is 79.7 Å². The summed E-state index contributed by atoms with van der Waals surface area (Å²) in [6.45, 7) is 1.96. The molecule has 1 aliphatic heterocycles. The van der Waals surface area contributed by atoms with E-state index in [9.17, 15) is 4.79 Å². The van der Waals surface area contributed by atoms with Gasteiger partial charge in [-0.1, -0.05) is 13.0 Å². The number of hydrogen-bond donors (Lipinski definition) is 0. The van der Waals surface area contributed by atoms with Gasteiger partial charge in [0.25, 0.3) is 5.91 Å². The molecule has 0 atom stereocenters. The number of aliphatic imine (C=N–C) groups is 1. The summed E-state index contributed by atoms with van der Waals surface area (Å²) in [5.74, 6) is -0.411. The number of rotatable bonds is 2. The molecule has 0 spiro atoms. The lowest BCUT2D eigenvalue weighted by Crippen LogP contribution is -2.05. The molecule has 0 saturated carbocycles. The van der Waals surface area contributed by atoms with Gasteiger partial charge in [-0.05, 0) is 36.4 Å². The number of nitriles is 1. The van der Waals surface area contributed by atoms with Gasteiger partial charge in [-0.25, -0.2) is 0 Å². The average Bonchev–Trinajstić information content (AvgIpc) is 2.86. The molecule has 0 aliphatic carbocycles. The van der Waals surface area contributed by atoms with Crippen molar-refractivity contribution in [2.45, 2.75) is 13.3 Å². The first-order valence-corrected chi connectivity index (χ1v) is 6.13. The maximum absolute atomic E-state index is 11.8. The van der Waals surface area contributed by atoms with E-state index in [-0.39, 0.29) is 0 Å². The van der Waals surface area contributed by atoms with Crippen molar-refractivity contribution < 1.29 is 4.79 Å². The van der Waals surface area contributed by atoms with E-state index in [1.807, 2.05) is 13.0 Å². The van der Waals surface area contributed by atoms with Gasteiger partial charge in [0, 0.05) is 5.56 Å². The van der Waals surface area contributed by atoms with Gasteiger partial charge >= 0.3 is 0 Å². The number of amidine groups is 1. The third-order valence-corrected chi connectivity index (χ3v) is 3.16. The number of nitrogens with zero attached hydrogens (tertiary/aromatic N) is 4. The van der Waals surface area contributed by atoms with Crippen LogP contribution in [0.2, 0.25) is 0 Å². The van der Waals surface area contributed by atoms with Crippen LogP contribution in [0.15, 0.2) is 34.4 Å². The fourth-order valence-electron chi connectivity index (χ4n) is 1.31. The summed E-state index contributed by atoms with van der Waals surface area (Å²) in [5.41, 5.74) is 4.62. The van der Waals surface area contributed by atoms with Crippen molar-refractivity contribution in [1.29, 1.82) is 5.26 Å². The van der Waals surface area contributed by atoms with E-state index < -0.39 is 5.91 Å². The lowest BCUT2D eigenvalue weighted by atomic mass is 10.1. The Hall–Kier alpha value is -2.13. The first-order valence-electron chi connectivity index (χ1n) is 5.31. The zero-order valence-electron chi connectivity index (χ0n) is 9.62. The standard InChI is InChI=1S/C12H9N4OS/c1-2-10-15-16-12(18-10)14-11(17)9-5-3-4-8(6-9)7-13/h3-6H,2H2,1H3. The van der Waals surface area contributed by atoms with Gasteiger partial charge in [-0.3, -0.25) is 4.79 Å². The second kappa shape index (κ2) is 5.47. The van der Waals surface area contributed by atoms with Crippen molar-refractivity contribution in [2.24, 2.45) is 10.1 Å². The average molecular weight is 257 g/mol. The molecule has 1 aliphatic rings. The normalized spacial score (nSPS) is 16.0. The zero-order valence-corrected chi connectivity index (χ0v) is 10.4. The number of benzene rings is 1. The number of thioether (sulfide) groups is 1. The molecule has 0 saturated heterocycles. The number of hydrogen-bond acceptors (Lipinski definition) is 4. The second-order valence-electron chi connectivity index (χ2n) is 3.44. The summed E-state index contributed by atoms with van der Waals surface area (Å²) in [5, 5.41) is 13.8. The van der Waals surface area contributed by atoms with Crippen LogP contribution in [0.4, 0.5) is 0 Å². The largest absolute Gasteiger partial charge is 0.279 e. The van der Waals surface area contributed by atoms with Crippen molar-refractivity contribution in [3.8, 4) is 6.07 Å². The lowest BCUT2D eigenvalue weighted by Gasteiger charge is -1.96. The highest BCUT2D eigenvalue weighted by atomic mass is 32.2. The minimum Gasteiger partial charge on any atom is -0.267 e. The van der Waals surface area contributed by atoms with Crippen LogP contribution in [-0.2, 0) is 0 Å². The summed E-state index contributed by atoms with van der Waals surface area (Å²) in [7, 11) is 0. The molecule has 0 unspecified atom stereocenters. The number of amides is 1. The fourth-order valence-corrected chi connectivity index (χ4v) is 1.95. The molecule has 0 aromatic heterocycles. The molecular weight excluding hydrogens is 248 g/mol. The molecule has 18 heavy (non-hydrogen) atoms. The maximum Gasteiger partial charge on any atom is 0.279 e. The van der Waals surface area contributed by atoms with E-state index in [1.165, 1.54) is 17.8 Å². The summed E-state index contributed by atoms with van der Waals surface area (Å²) in [6, 6.07) is 8.39. The van der Waals surface area contributed by atoms with E-state index >= 15 is 0 Å². The van der Waals surface area contributed by atoms with Gasteiger partial charge in [-0.2, -0.15) is 10.3 Å². The number of carbonyl (C=O) groups is 1. The van der Waals surface area contributed by atoms with Gasteiger partial charge in [0.2, 0.25) is 5.17 Å². The minimum absolute atomic E-state index is 0.346. The summed E-state index contributed by atoms with van der Waals surface area (Å²) in [4.78, 5) is 15.7. The van der Waals surface area contributed by atoms with Gasteiger partial charge < -0.3 is 0 Å². The summed E-state index contributed by atoms with van der Waals surface area (Å²) in [6.07, 6.45) is 0.769. The molecule has 0 N–H and O–H groups in total. The Labute approximate surface area is 109 Å². The Bertz CT molecular complexity index is 586. The Kier molecular flexibility index (Phi) is 3.75. The van der Waals surface area contributed by atoms with E-state index in [4.69, 9.17) is 5.26 Å². The van der Waals surface area contributed by atoms with Crippen LogP contribution in [0.1, 0.15) is 29.3 Å². The van der Waals surface area contributed by atoms with Gasteiger partial charge in [0.05, 0.1) is 11.6 Å². The third-order valence-electron chi connectivity index (χ3n) is 2.19. The smallest absolute Gasteiger partial charge is 0.267 e. The van der Waals surface area contributed by atoms with E-state index in [0.29, 0.717) is 16.3 Å². The maximum atomic E-state index is 11.8. The monoisotopic (exact) mass is 257 g/mol. The molecule has 0 fully saturated rings. The quantitative estimate of drug-likeness (QED) is 0.814. The van der Waals surface area contributed by atoms with Crippen LogP contribution < -0.4 is 5.43 Å². The third kappa shape index (κ3) is 2.76. The Morgan fingerprint density at radius 2 is 2.39 bits per heavy atom. The van der Waals surface area contributed by atoms with Crippen LogP contribution in [-0.4, -0.2) is 16.1 Å². The predicted molar refractivity (Wildman–Crippen MR) is 70.4 cm³/mol. The Balaban J connectivity index is 2.14. The highest BCUT2D eigenvalue weighted by molar-refractivity contribution is 8.26. The fraction of sp³-hybridized carbons (Fsp3) is 0.167. The SMILES string of the molecule is CCC1=N[N]C(=NC(=O)c2cccc(C#N)c2)S1. The number of carbonyl (C=O) groups excluding carboxylic acids is 1. The molecule has 1 amide bonds. The lowest BCUT2D eigenvalue weighted by molar-refractivity contribution is 0.100. The van der Waals surface area contributed by atoms with Crippen molar-refractivity contribution in [3.63, 3.8) is 0 Å². The highest BCUT2D eigenvalue weighted by Gasteiger charge is 2.16. The molecule has 5 nitrogen and oxygen atoms in total. The van der Waals surface area contributed by atoms with Gasteiger partial charge in [0.1, 0.15) is 5.04 Å². The van der Waals surface area contributed by atoms with Crippen LogP contribution in [0.25, 0.3) is 0 Å². The second-order valence-corrected chi connectivity index (χ2v) is 4.48. The molecule has 6 heteroatoms. The Morgan fingerprint density at radius 1 is 1.56 bits per heavy atom. The molecule has 89 valence electrons. The van der Waals surface area contributed by atoms with Crippen LogP contribution >= 0.6 is 11.8 Å². The van der Waals surface area contributed by atoms with Gasteiger partial charge in [-0.15, -0.1) is 10.5 Å². The van der Waals surface area contributed by atoms with Crippen LogP contribution in [0.5, 0.6) is 0 Å². The van der Waals surface area contributed by atoms with Crippen molar-refractivity contribution >= 4 is 27.9 Å². The van der Waals surface area contributed by atoms with Crippen molar-refractivity contribution in [3.05, 3.63) is 35.4 Å². The Morgan fingerprint density at radius 3 is 3.06 bits per heavy atom. The van der Waals surface area contributed by atoms with E-state index in [0.717, 1.165) is 11.5 Å². The molecule has 1 aromatic rings. The molecule has 0 bridgehead atoms. The van der Waals surface area contributed by atoms with Crippen LogP contribution in [0.3, 0.4) is 0 Å². The van der Waals surface area contributed by atoms with Crippen molar-refractivity contribution in [1.82, 2.24) is 5.43 Å². The summed E-state index contributed by atoms with van der Waals surface area (Å²) < 4.78 is 0.